The maximum atomic E-state index is 10.9. The lowest BCUT2D eigenvalue weighted by Gasteiger charge is -2.26. The van der Waals surface area contributed by atoms with Gasteiger partial charge in [0.2, 0.25) is 0 Å². The first-order valence-electron chi connectivity index (χ1n) is 10.8. The molecule has 2 aliphatic rings. The van der Waals surface area contributed by atoms with Crippen LogP contribution in [-0.4, -0.2) is 79.7 Å². The van der Waals surface area contributed by atoms with Crippen LogP contribution in [-0.2, 0) is 11.3 Å². The van der Waals surface area contributed by atoms with Crippen LogP contribution < -0.4 is 15.0 Å². The summed E-state index contributed by atoms with van der Waals surface area (Å²) in [5.41, 5.74) is 0.457. The maximum Gasteiger partial charge on any atom is 0.128 e. The Balaban J connectivity index is 1.16. The molecule has 0 aliphatic carbocycles. The summed E-state index contributed by atoms with van der Waals surface area (Å²) in [4.78, 5) is 8.89. The molecule has 0 radical (unpaired) electrons. The fraction of sp³-hybridized carbons (Fsp3) is 0.522. The molecule has 1 aromatic carbocycles. The van der Waals surface area contributed by atoms with Crippen LogP contribution in [0.3, 0.4) is 0 Å². The van der Waals surface area contributed by atoms with Gasteiger partial charge in [-0.2, -0.15) is 0 Å². The summed E-state index contributed by atoms with van der Waals surface area (Å²) >= 11 is 0. The zero-order valence-corrected chi connectivity index (χ0v) is 17.5. The third-order valence-electron chi connectivity index (χ3n) is 5.79. The zero-order chi connectivity index (χ0) is 20.7. The van der Waals surface area contributed by atoms with Gasteiger partial charge in [-0.15, -0.1) is 0 Å². The van der Waals surface area contributed by atoms with E-state index in [-0.39, 0.29) is 0 Å². The number of hydrogen-bond donors (Lipinski definition) is 2. The number of nitrogens with zero attached hydrogens (tertiary/aromatic N) is 3. The normalized spacial score (nSPS) is 22.4. The number of aromatic nitrogens is 1. The van der Waals surface area contributed by atoms with Gasteiger partial charge in [-0.3, -0.25) is 4.90 Å². The van der Waals surface area contributed by atoms with Crippen LogP contribution in [0.25, 0.3) is 0 Å². The molecular formula is C23H32N4O3. The van der Waals surface area contributed by atoms with Crippen molar-refractivity contribution in [2.75, 3.05) is 64.0 Å². The van der Waals surface area contributed by atoms with Crippen molar-refractivity contribution in [2.45, 2.75) is 18.6 Å². The Kier molecular flexibility index (Phi) is 7.17. The Labute approximate surface area is 178 Å². The standard InChI is InChI=1S/C23H32N4O3/c28-23(8-10-27(19-23)22-3-1-2-9-25-22)18-24-17-20-4-6-21(7-5-20)30-16-13-26-11-14-29-15-12-26/h1-7,9,24,28H,8,10-19H2. The fourth-order valence-electron chi connectivity index (χ4n) is 4.00. The summed E-state index contributed by atoms with van der Waals surface area (Å²) in [5, 5.41) is 14.3. The highest BCUT2D eigenvalue weighted by molar-refractivity contribution is 5.40. The third kappa shape index (κ3) is 5.92. The van der Waals surface area contributed by atoms with Gasteiger partial charge in [0.15, 0.2) is 0 Å². The van der Waals surface area contributed by atoms with Gasteiger partial charge in [0.1, 0.15) is 18.2 Å². The molecule has 0 spiro atoms. The molecule has 2 N–H and O–H groups in total. The molecule has 2 saturated heterocycles. The molecule has 4 rings (SSSR count). The predicted molar refractivity (Wildman–Crippen MR) is 117 cm³/mol. The minimum atomic E-state index is -0.722. The highest BCUT2D eigenvalue weighted by Crippen LogP contribution is 2.25. The Morgan fingerprint density at radius 3 is 2.70 bits per heavy atom. The van der Waals surface area contributed by atoms with Gasteiger partial charge >= 0.3 is 0 Å². The SMILES string of the molecule is OC1(CNCc2ccc(OCCN3CCOCC3)cc2)CCN(c2ccccn2)C1. The van der Waals surface area contributed by atoms with E-state index >= 15 is 0 Å². The Bertz CT molecular complexity index is 768. The highest BCUT2D eigenvalue weighted by Gasteiger charge is 2.36. The van der Waals surface area contributed by atoms with Crippen LogP contribution in [0.1, 0.15) is 12.0 Å². The van der Waals surface area contributed by atoms with Crippen molar-refractivity contribution in [1.29, 1.82) is 0 Å². The van der Waals surface area contributed by atoms with Crippen LogP contribution in [0, 0.1) is 0 Å². The minimum Gasteiger partial charge on any atom is -0.492 e. The molecule has 0 amide bonds. The average molecular weight is 413 g/mol. The van der Waals surface area contributed by atoms with E-state index in [9.17, 15) is 5.11 Å². The number of anilines is 1. The van der Waals surface area contributed by atoms with Gasteiger partial charge in [0.25, 0.3) is 0 Å². The van der Waals surface area contributed by atoms with Gasteiger partial charge in [-0.25, -0.2) is 4.98 Å². The molecular weight excluding hydrogens is 380 g/mol. The Morgan fingerprint density at radius 2 is 1.93 bits per heavy atom. The highest BCUT2D eigenvalue weighted by atomic mass is 16.5. The molecule has 7 nitrogen and oxygen atoms in total. The van der Waals surface area contributed by atoms with Crippen molar-refractivity contribution in [3.05, 3.63) is 54.2 Å². The van der Waals surface area contributed by atoms with Gasteiger partial charge in [-0.05, 0) is 36.2 Å². The van der Waals surface area contributed by atoms with E-state index in [1.807, 2.05) is 30.3 Å². The molecule has 2 aromatic rings. The summed E-state index contributed by atoms with van der Waals surface area (Å²) in [5.74, 6) is 1.82. The van der Waals surface area contributed by atoms with Crippen LogP contribution in [0.4, 0.5) is 5.82 Å². The van der Waals surface area contributed by atoms with E-state index < -0.39 is 5.60 Å². The molecule has 0 bridgehead atoms. The van der Waals surface area contributed by atoms with Crippen LogP contribution in [0.15, 0.2) is 48.7 Å². The molecule has 162 valence electrons. The first-order chi connectivity index (χ1) is 14.7. The Hall–Kier alpha value is -2.19. The second kappa shape index (κ2) is 10.2. The van der Waals surface area contributed by atoms with Crippen molar-refractivity contribution < 1.29 is 14.6 Å². The van der Waals surface area contributed by atoms with E-state index in [0.717, 1.165) is 63.9 Å². The van der Waals surface area contributed by atoms with Gasteiger partial charge < -0.3 is 24.8 Å². The van der Waals surface area contributed by atoms with Gasteiger partial charge in [0.05, 0.1) is 18.8 Å². The van der Waals surface area contributed by atoms with E-state index in [2.05, 4.69) is 32.2 Å². The zero-order valence-electron chi connectivity index (χ0n) is 17.5. The molecule has 7 heteroatoms. The fourth-order valence-corrected chi connectivity index (χ4v) is 4.00. The lowest BCUT2D eigenvalue weighted by Crippen LogP contribution is -2.43. The number of rotatable bonds is 9. The minimum absolute atomic E-state index is 0.564. The van der Waals surface area contributed by atoms with Crippen molar-refractivity contribution in [3.63, 3.8) is 0 Å². The summed E-state index contributed by atoms with van der Waals surface area (Å²) in [7, 11) is 0. The number of pyridine rings is 1. The van der Waals surface area contributed by atoms with Crippen molar-refractivity contribution >= 4 is 5.82 Å². The second-order valence-electron chi connectivity index (χ2n) is 8.13. The smallest absolute Gasteiger partial charge is 0.128 e. The van der Waals surface area contributed by atoms with Crippen molar-refractivity contribution in [3.8, 4) is 5.75 Å². The summed E-state index contributed by atoms with van der Waals surface area (Å²) in [6.07, 6.45) is 2.54. The first kappa shape index (κ1) is 21.1. The van der Waals surface area contributed by atoms with Gasteiger partial charge in [-0.1, -0.05) is 18.2 Å². The lowest BCUT2D eigenvalue weighted by atomic mass is 10.0. The number of β-amino-alcohol motifs (C(OH)–C–C–N with tert-alkyl or cyclic N) is 1. The summed E-state index contributed by atoms with van der Waals surface area (Å²) in [6, 6.07) is 14.1. The molecule has 0 saturated carbocycles. The first-order valence-corrected chi connectivity index (χ1v) is 10.8. The van der Waals surface area contributed by atoms with Gasteiger partial charge in [0, 0.05) is 52.0 Å². The third-order valence-corrected chi connectivity index (χ3v) is 5.79. The molecule has 3 heterocycles. The van der Waals surface area contributed by atoms with E-state index in [4.69, 9.17) is 9.47 Å². The second-order valence-corrected chi connectivity index (χ2v) is 8.13. The number of nitrogens with one attached hydrogen (secondary N) is 1. The van der Waals surface area contributed by atoms with Crippen LogP contribution in [0.2, 0.25) is 0 Å². The van der Waals surface area contributed by atoms with E-state index in [1.165, 1.54) is 5.56 Å². The monoisotopic (exact) mass is 412 g/mol. The molecule has 1 atom stereocenters. The van der Waals surface area contributed by atoms with Crippen molar-refractivity contribution in [2.24, 2.45) is 0 Å². The van der Waals surface area contributed by atoms with E-state index in [1.54, 1.807) is 6.20 Å². The summed E-state index contributed by atoms with van der Waals surface area (Å²) in [6.45, 7) is 7.95. The summed E-state index contributed by atoms with van der Waals surface area (Å²) < 4.78 is 11.2. The number of morpholine rings is 1. The topological polar surface area (TPSA) is 70.1 Å². The Morgan fingerprint density at radius 1 is 1.10 bits per heavy atom. The number of ether oxygens (including phenoxy) is 2. The number of hydrogen-bond acceptors (Lipinski definition) is 7. The quantitative estimate of drug-likeness (QED) is 0.647. The molecule has 30 heavy (non-hydrogen) atoms. The lowest BCUT2D eigenvalue weighted by molar-refractivity contribution is 0.0322. The molecule has 2 fully saturated rings. The van der Waals surface area contributed by atoms with Crippen LogP contribution in [0.5, 0.6) is 5.75 Å². The number of aliphatic hydroxyl groups is 1. The molecule has 2 aliphatic heterocycles. The van der Waals surface area contributed by atoms with Crippen molar-refractivity contribution in [1.82, 2.24) is 15.2 Å². The number of benzene rings is 1. The van der Waals surface area contributed by atoms with E-state index in [0.29, 0.717) is 19.7 Å². The molecule has 1 aromatic heterocycles. The van der Waals surface area contributed by atoms with Crippen LogP contribution >= 0.6 is 0 Å². The molecule has 1 unspecified atom stereocenters. The predicted octanol–water partition coefficient (Wildman–Crippen LogP) is 1.52. The maximum absolute atomic E-state index is 10.9. The largest absolute Gasteiger partial charge is 0.492 e. The average Bonchev–Trinajstić information content (AvgIpc) is 3.18.